The van der Waals surface area contributed by atoms with Gasteiger partial charge >= 0.3 is 5.97 Å². The minimum atomic E-state index is -0.911. The quantitative estimate of drug-likeness (QED) is 0.358. The molecule has 1 heterocycles. The molecule has 2 saturated carbocycles. The average Bonchev–Trinajstić information content (AvgIpc) is 3.42. The number of carbonyl (C=O) groups excluding carboxylic acids is 3. The van der Waals surface area contributed by atoms with Gasteiger partial charge in [0.25, 0.3) is 0 Å². The van der Waals surface area contributed by atoms with Gasteiger partial charge in [0.05, 0.1) is 11.8 Å². The van der Waals surface area contributed by atoms with Crippen LogP contribution in [-0.4, -0.2) is 28.7 Å². The Bertz CT molecular complexity index is 868. The number of carbonyl (C=O) groups is 3. The summed E-state index contributed by atoms with van der Waals surface area (Å²) in [4.78, 5) is 40.1. The van der Waals surface area contributed by atoms with Crippen molar-refractivity contribution >= 4 is 17.8 Å². The Morgan fingerprint density at radius 2 is 1.67 bits per heavy atom. The molecule has 2 amide bonds. The van der Waals surface area contributed by atoms with Crippen molar-refractivity contribution < 1.29 is 19.1 Å². The van der Waals surface area contributed by atoms with Crippen LogP contribution in [-0.2, 0) is 14.4 Å². The Balaban J connectivity index is 1.39. The van der Waals surface area contributed by atoms with Crippen molar-refractivity contribution in [1.29, 1.82) is 0 Å². The van der Waals surface area contributed by atoms with Crippen molar-refractivity contribution in [3.8, 4) is 5.75 Å². The fourth-order valence-electron chi connectivity index (χ4n) is 5.48. The zero-order valence-corrected chi connectivity index (χ0v) is 15.7. The maximum atomic E-state index is 13.1. The van der Waals surface area contributed by atoms with Crippen LogP contribution in [0.3, 0.4) is 0 Å². The summed E-state index contributed by atoms with van der Waals surface area (Å²) < 4.78 is 5.55. The molecule has 0 spiro atoms. The van der Waals surface area contributed by atoms with E-state index in [9.17, 15) is 14.4 Å². The highest BCUT2D eigenvalue weighted by Gasteiger charge is 2.67. The Labute approximate surface area is 158 Å². The van der Waals surface area contributed by atoms with Crippen LogP contribution < -0.4 is 4.74 Å². The van der Waals surface area contributed by atoms with E-state index in [2.05, 4.69) is 12.2 Å². The lowest BCUT2D eigenvalue weighted by Gasteiger charge is -2.37. The van der Waals surface area contributed by atoms with E-state index in [1.807, 2.05) is 26.0 Å². The molecular formula is C22H23NO4. The van der Waals surface area contributed by atoms with Crippen LogP contribution in [0.2, 0.25) is 0 Å². The second kappa shape index (κ2) is 5.54. The number of likely N-dealkylation sites (tertiary alicyclic amines) is 1. The van der Waals surface area contributed by atoms with Gasteiger partial charge < -0.3 is 4.74 Å². The first-order chi connectivity index (χ1) is 12.9. The van der Waals surface area contributed by atoms with Crippen LogP contribution >= 0.6 is 0 Å². The van der Waals surface area contributed by atoms with Gasteiger partial charge in [-0.1, -0.05) is 24.3 Å². The Morgan fingerprint density at radius 1 is 1.07 bits per heavy atom. The molecule has 3 fully saturated rings. The molecular weight excluding hydrogens is 342 g/mol. The van der Waals surface area contributed by atoms with Crippen LogP contribution in [0.15, 0.2) is 30.4 Å². The molecule has 1 aromatic carbocycles. The molecule has 5 heteroatoms. The Morgan fingerprint density at radius 3 is 2.26 bits per heavy atom. The maximum Gasteiger partial charge on any atom is 0.334 e. The highest BCUT2D eigenvalue weighted by molar-refractivity contribution is 6.08. The summed E-state index contributed by atoms with van der Waals surface area (Å²) in [6.07, 6.45) is 5.39. The number of esters is 1. The van der Waals surface area contributed by atoms with Crippen LogP contribution in [0.5, 0.6) is 5.75 Å². The zero-order valence-electron chi connectivity index (χ0n) is 15.7. The molecule has 0 radical (unpaired) electrons. The summed E-state index contributed by atoms with van der Waals surface area (Å²) in [5.74, 6) is 0.383. The molecule has 140 valence electrons. The molecule has 0 N–H and O–H groups in total. The number of imide groups is 1. The van der Waals surface area contributed by atoms with E-state index >= 15 is 0 Å². The van der Waals surface area contributed by atoms with Gasteiger partial charge in [0, 0.05) is 0 Å². The molecule has 1 saturated heterocycles. The van der Waals surface area contributed by atoms with Gasteiger partial charge in [-0.15, -0.1) is 0 Å². The van der Waals surface area contributed by atoms with E-state index in [0.29, 0.717) is 17.6 Å². The van der Waals surface area contributed by atoms with Crippen molar-refractivity contribution in [3.05, 3.63) is 41.5 Å². The fourth-order valence-corrected chi connectivity index (χ4v) is 5.48. The first-order valence-corrected chi connectivity index (χ1v) is 9.72. The molecule has 1 aromatic rings. The lowest BCUT2D eigenvalue weighted by Crippen LogP contribution is -2.45. The molecule has 6 rings (SSSR count). The first kappa shape index (κ1) is 16.7. The average molecular weight is 365 g/mol. The molecule has 4 aliphatic carbocycles. The van der Waals surface area contributed by atoms with Crippen molar-refractivity contribution in [2.45, 2.75) is 33.2 Å². The van der Waals surface area contributed by atoms with Gasteiger partial charge in [-0.3, -0.25) is 14.5 Å². The van der Waals surface area contributed by atoms with Gasteiger partial charge in [0.2, 0.25) is 11.8 Å². The van der Waals surface area contributed by atoms with E-state index in [1.165, 1.54) is 4.90 Å². The largest absolute Gasteiger partial charge is 0.425 e. The Hall–Kier alpha value is -2.43. The van der Waals surface area contributed by atoms with Crippen LogP contribution in [0.1, 0.15) is 24.5 Å². The van der Waals surface area contributed by atoms with Crippen molar-refractivity contribution in [2.75, 3.05) is 0 Å². The number of hydrogen-bond donors (Lipinski definition) is 0. The zero-order chi connectivity index (χ0) is 19.0. The smallest absolute Gasteiger partial charge is 0.334 e. The number of ether oxygens (including phenoxy) is 1. The molecule has 7 atom stereocenters. The maximum absolute atomic E-state index is 13.1. The minimum Gasteiger partial charge on any atom is -0.425 e. The normalized spacial score (nSPS) is 36.5. The molecule has 5 nitrogen and oxygen atoms in total. The third kappa shape index (κ3) is 2.27. The Kier molecular flexibility index (Phi) is 3.43. The number of rotatable bonds is 3. The van der Waals surface area contributed by atoms with E-state index in [-0.39, 0.29) is 35.5 Å². The van der Waals surface area contributed by atoms with Gasteiger partial charge in [-0.2, -0.15) is 0 Å². The summed E-state index contributed by atoms with van der Waals surface area (Å²) in [6.45, 7) is 5.38. The predicted octanol–water partition coefficient (Wildman–Crippen LogP) is 2.65. The summed E-state index contributed by atoms with van der Waals surface area (Å²) in [6, 6.07) is 4.72. The van der Waals surface area contributed by atoms with Gasteiger partial charge in [0.1, 0.15) is 11.8 Å². The molecule has 27 heavy (non-hydrogen) atoms. The van der Waals surface area contributed by atoms with Crippen LogP contribution in [0.4, 0.5) is 0 Å². The lowest BCUT2D eigenvalue weighted by molar-refractivity contribution is -0.152. The minimum absolute atomic E-state index is 0.161. The highest BCUT2D eigenvalue weighted by atomic mass is 16.5. The molecule has 5 aliphatic rings. The third-order valence-corrected chi connectivity index (χ3v) is 6.98. The molecule has 0 aromatic heterocycles. The van der Waals surface area contributed by atoms with Crippen molar-refractivity contribution in [2.24, 2.45) is 35.5 Å². The second-order valence-corrected chi connectivity index (χ2v) is 8.57. The number of nitrogens with zero attached hydrogens (tertiary/aromatic N) is 1. The molecule has 2 bridgehead atoms. The SMILES string of the molecule is Cc1ccc(C)c(OC(=O)[C@@H](C)N2C(=O)[C@@H]3[C@@H]4C=C[C@H]([C@H]5C[C@H]45)[C@@H]3C2=O)c1. The standard InChI is InChI=1S/C22H23NO4/c1-10-4-5-11(2)17(8-10)27-22(26)12(3)23-20(24)18-13-6-7-14(16-9-15(13)16)19(18)21(23)25/h4-8,12-16,18-19H,9H2,1-3H3/t12-,13-,14-,15-,16-,18-,19+/m1/s1. The fraction of sp³-hybridized carbons (Fsp3) is 0.500. The van der Waals surface area contributed by atoms with E-state index in [1.54, 1.807) is 13.0 Å². The van der Waals surface area contributed by atoms with E-state index in [0.717, 1.165) is 17.5 Å². The monoisotopic (exact) mass is 365 g/mol. The summed E-state index contributed by atoms with van der Waals surface area (Å²) in [5.41, 5.74) is 1.83. The van der Waals surface area contributed by atoms with Crippen LogP contribution in [0, 0.1) is 49.4 Å². The predicted molar refractivity (Wildman–Crippen MR) is 97.6 cm³/mol. The summed E-state index contributed by atoms with van der Waals surface area (Å²) in [5, 5.41) is 0. The van der Waals surface area contributed by atoms with E-state index < -0.39 is 12.0 Å². The number of aryl methyl sites for hydroxylation is 2. The van der Waals surface area contributed by atoms with Gasteiger partial charge in [0.15, 0.2) is 0 Å². The van der Waals surface area contributed by atoms with Crippen LogP contribution in [0.25, 0.3) is 0 Å². The third-order valence-electron chi connectivity index (χ3n) is 6.98. The number of allylic oxidation sites excluding steroid dienone is 2. The summed E-state index contributed by atoms with van der Waals surface area (Å²) in [7, 11) is 0. The number of hydrogen-bond acceptors (Lipinski definition) is 4. The molecule has 0 unspecified atom stereocenters. The van der Waals surface area contributed by atoms with E-state index in [4.69, 9.17) is 4.74 Å². The second-order valence-electron chi connectivity index (χ2n) is 8.57. The van der Waals surface area contributed by atoms with Gasteiger partial charge in [-0.25, -0.2) is 4.79 Å². The number of amides is 2. The summed E-state index contributed by atoms with van der Waals surface area (Å²) >= 11 is 0. The first-order valence-electron chi connectivity index (χ1n) is 9.72. The highest BCUT2D eigenvalue weighted by Crippen LogP contribution is 2.65. The lowest BCUT2D eigenvalue weighted by atomic mass is 9.63. The topological polar surface area (TPSA) is 63.7 Å². The number of benzene rings is 1. The van der Waals surface area contributed by atoms with Gasteiger partial charge in [-0.05, 0) is 68.1 Å². The van der Waals surface area contributed by atoms with Crippen molar-refractivity contribution in [1.82, 2.24) is 4.90 Å². The molecule has 1 aliphatic heterocycles. The van der Waals surface area contributed by atoms with Crippen molar-refractivity contribution in [3.63, 3.8) is 0 Å².